The SMILES string of the molecule is C=CC(=O)Cc1nc(NC2CCN(Cc3ccc4c(c3C)C=C(C#N)C4)CC2)c2cc(CC(F)(F)F)sc2n1. The van der Waals surface area contributed by atoms with Crippen molar-refractivity contribution in [2.24, 2.45) is 0 Å². The van der Waals surface area contributed by atoms with Gasteiger partial charge in [-0.15, -0.1) is 11.3 Å². The van der Waals surface area contributed by atoms with E-state index in [-0.39, 0.29) is 28.9 Å². The van der Waals surface area contributed by atoms with Crippen LogP contribution in [0.4, 0.5) is 19.0 Å². The van der Waals surface area contributed by atoms with Crippen molar-refractivity contribution in [1.29, 1.82) is 5.26 Å². The Morgan fingerprint density at radius 1 is 1.31 bits per heavy atom. The number of ketones is 1. The fraction of sp³-hybridized carbons (Fsp3) is 0.379. The Morgan fingerprint density at radius 3 is 2.77 bits per heavy atom. The molecule has 3 heterocycles. The fourth-order valence-electron chi connectivity index (χ4n) is 5.25. The topological polar surface area (TPSA) is 81.9 Å². The summed E-state index contributed by atoms with van der Waals surface area (Å²) in [6.07, 6.45) is 0.179. The van der Waals surface area contributed by atoms with Gasteiger partial charge in [-0.25, -0.2) is 9.97 Å². The number of thiophene rings is 1. The van der Waals surface area contributed by atoms with Crippen LogP contribution in [0.5, 0.6) is 0 Å². The Kier molecular flexibility index (Phi) is 7.56. The molecule has 39 heavy (non-hydrogen) atoms. The molecule has 6 nitrogen and oxygen atoms in total. The van der Waals surface area contributed by atoms with Gasteiger partial charge in [0.1, 0.15) is 16.5 Å². The average Bonchev–Trinajstić information content (AvgIpc) is 3.49. The smallest absolute Gasteiger partial charge is 0.367 e. The third-order valence-corrected chi connectivity index (χ3v) is 8.34. The molecule has 0 amide bonds. The highest BCUT2D eigenvalue weighted by Crippen LogP contribution is 2.34. The number of carbonyl (C=O) groups is 1. The van der Waals surface area contributed by atoms with E-state index in [0.29, 0.717) is 22.5 Å². The normalized spacial score (nSPS) is 16.1. The first-order valence-corrected chi connectivity index (χ1v) is 13.7. The van der Waals surface area contributed by atoms with E-state index in [1.807, 2.05) is 6.08 Å². The molecule has 0 bridgehead atoms. The number of fused-ring (bicyclic) bond motifs is 2. The van der Waals surface area contributed by atoms with E-state index < -0.39 is 12.6 Å². The number of likely N-dealkylation sites (tertiary alicyclic amines) is 1. The van der Waals surface area contributed by atoms with Gasteiger partial charge in [-0.05, 0) is 60.2 Å². The van der Waals surface area contributed by atoms with Crippen molar-refractivity contribution in [2.75, 3.05) is 18.4 Å². The number of rotatable bonds is 8. The van der Waals surface area contributed by atoms with Gasteiger partial charge in [-0.2, -0.15) is 18.4 Å². The highest BCUT2D eigenvalue weighted by atomic mass is 32.1. The maximum atomic E-state index is 13.0. The minimum atomic E-state index is -4.32. The summed E-state index contributed by atoms with van der Waals surface area (Å²) in [6.45, 7) is 8.12. The maximum absolute atomic E-state index is 13.0. The first-order chi connectivity index (χ1) is 18.6. The largest absolute Gasteiger partial charge is 0.393 e. The van der Waals surface area contributed by atoms with E-state index in [2.05, 4.69) is 51.9 Å². The van der Waals surface area contributed by atoms with Gasteiger partial charge in [0.15, 0.2) is 5.78 Å². The number of carbonyl (C=O) groups excluding carboxylic acids is 1. The minimum absolute atomic E-state index is 0.0513. The van der Waals surface area contributed by atoms with Crippen molar-refractivity contribution in [3.8, 4) is 6.07 Å². The van der Waals surface area contributed by atoms with Gasteiger partial charge in [0, 0.05) is 42.5 Å². The molecule has 1 aliphatic carbocycles. The van der Waals surface area contributed by atoms with Gasteiger partial charge in [0.05, 0.1) is 24.3 Å². The van der Waals surface area contributed by atoms with Crippen molar-refractivity contribution < 1.29 is 18.0 Å². The van der Waals surface area contributed by atoms with Crippen LogP contribution < -0.4 is 5.32 Å². The molecule has 1 N–H and O–H groups in total. The summed E-state index contributed by atoms with van der Waals surface area (Å²) >= 11 is 0.984. The fourth-order valence-corrected chi connectivity index (χ4v) is 6.32. The summed E-state index contributed by atoms with van der Waals surface area (Å²) < 4.78 is 39.1. The van der Waals surface area contributed by atoms with Crippen LogP contribution in [0.2, 0.25) is 0 Å². The van der Waals surface area contributed by atoms with Crippen molar-refractivity contribution >= 4 is 39.2 Å². The number of anilines is 1. The number of piperidine rings is 1. The highest BCUT2D eigenvalue weighted by Gasteiger charge is 2.30. The minimum Gasteiger partial charge on any atom is -0.367 e. The number of hydrogen-bond donors (Lipinski definition) is 1. The Hall–Kier alpha value is -3.55. The van der Waals surface area contributed by atoms with Gasteiger partial charge in [0.25, 0.3) is 0 Å². The number of allylic oxidation sites excluding steroid dienone is 2. The molecule has 202 valence electrons. The van der Waals surface area contributed by atoms with Gasteiger partial charge in [-0.3, -0.25) is 9.69 Å². The lowest BCUT2D eigenvalue weighted by atomic mass is 9.97. The molecule has 5 rings (SSSR count). The number of nitrogens with one attached hydrogen (secondary N) is 1. The molecule has 0 unspecified atom stereocenters. The summed E-state index contributed by atoms with van der Waals surface area (Å²) in [6, 6.07) is 8.14. The molecular formula is C29H28F3N5OS. The zero-order valence-electron chi connectivity index (χ0n) is 21.6. The maximum Gasteiger partial charge on any atom is 0.393 e. The Morgan fingerprint density at radius 2 is 2.08 bits per heavy atom. The molecule has 2 aliphatic rings. The first-order valence-electron chi connectivity index (χ1n) is 12.8. The molecule has 1 saturated heterocycles. The number of alkyl halides is 3. The lowest BCUT2D eigenvalue weighted by Gasteiger charge is -2.33. The summed E-state index contributed by atoms with van der Waals surface area (Å²) in [7, 11) is 0. The predicted molar refractivity (Wildman–Crippen MR) is 146 cm³/mol. The summed E-state index contributed by atoms with van der Waals surface area (Å²) in [5.41, 5.74) is 5.63. The second-order valence-corrected chi connectivity index (χ2v) is 11.2. The number of aromatic nitrogens is 2. The molecular weight excluding hydrogens is 523 g/mol. The first kappa shape index (κ1) is 27.0. The van der Waals surface area contributed by atoms with E-state index >= 15 is 0 Å². The van der Waals surface area contributed by atoms with Crippen molar-refractivity contribution in [2.45, 2.75) is 57.8 Å². The molecule has 0 atom stereocenters. The molecule has 2 aromatic heterocycles. The lowest BCUT2D eigenvalue weighted by Crippen LogP contribution is -2.39. The number of halogens is 3. The van der Waals surface area contributed by atoms with Crippen LogP contribution in [-0.2, 0) is 30.6 Å². The highest BCUT2D eigenvalue weighted by molar-refractivity contribution is 7.18. The van der Waals surface area contributed by atoms with Crippen molar-refractivity contribution in [3.05, 3.63) is 69.4 Å². The van der Waals surface area contributed by atoms with E-state index in [0.717, 1.165) is 49.4 Å². The Balaban J connectivity index is 1.29. The molecule has 0 radical (unpaired) electrons. The zero-order chi connectivity index (χ0) is 27.7. The molecule has 1 fully saturated rings. The summed E-state index contributed by atoms with van der Waals surface area (Å²) in [5.74, 6) is 0.500. The predicted octanol–water partition coefficient (Wildman–Crippen LogP) is 5.94. The standard InChI is InChI=1S/C29H28F3N5OS/c1-3-22(38)12-26-35-27(25-13-23(14-29(30,31)32)39-28(25)36-26)34-21-6-8-37(9-7-21)16-20-5-4-19-10-18(15-33)11-24(19)17(20)2/h3-5,11,13,21H,1,6-10,12,14,16H2,2H3,(H,34,35,36). The van der Waals surface area contributed by atoms with Crippen LogP contribution >= 0.6 is 11.3 Å². The van der Waals surface area contributed by atoms with E-state index in [1.54, 1.807) is 0 Å². The van der Waals surface area contributed by atoms with E-state index in [9.17, 15) is 23.2 Å². The summed E-state index contributed by atoms with van der Waals surface area (Å²) in [5, 5.41) is 13.3. The molecule has 1 aliphatic heterocycles. The molecule has 3 aromatic rings. The number of benzene rings is 1. The summed E-state index contributed by atoms with van der Waals surface area (Å²) in [4.78, 5) is 23.8. The zero-order valence-corrected chi connectivity index (χ0v) is 22.4. The second kappa shape index (κ2) is 10.9. The van der Waals surface area contributed by atoms with Gasteiger partial charge < -0.3 is 5.32 Å². The van der Waals surface area contributed by atoms with Crippen molar-refractivity contribution in [3.63, 3.8) is 0 Å². The second-order valence-electron chi connectivity index (χ2n) is 10.1. The van der Waals surface area contributed by atoms with Gasteiger partial charge in [-0.1, -0.05) is 18.7 Å². The average molecular weight is 552 g/mol. The monoisotopic (exact) mass is 551 g/mol. The number of nitriles is 1. The number of nitrogens with zero attached hydrogens (tertiary/aromatic N) is 4. The van der Waals surface area contributed by atoms with Gasteiger partial charge in [0.2, 0.25) is 0 Å². The van der Waals surface area contributed by atoms with Crippen LogP contribution in [0.25, 0.3) is 16.3 Å². The van der Waals surface area contributed by atoms with Crippen LogP contribution in [-0.4, -0.2) is 46.0 Å². The van der Waals surface area contributed by atoms with Gasteiger partial charge >= 0.3 is 6.18 Å². The third kappa shape index (κ3) is 6.21. The Bertz CT molecular complexity index is 1510. The molecule has 0 spiro atoms. The van der Waals surface area contributed by atoms with Crippen LogP contribution in [0.15, 0.2) is 36.4 Å². The van der Waals surface area contributed by atoms with E-state index in [1.165, 1.54) is 34.4 Å². The van der Waals surface area contributed by atoms with Crippen molar-refractivity contribution in [1.82, 2.24) is 14.9 Å². The van der Waals surface area contributed by atoms with Crippen LogP contribution in [0.1, 0.15) is 45.8 Å². The van der Waals surface area contributed by atoms with E-state index in [4.69, 9.17) is 0 Å². The van der Waals surface area contributed by atoms with Crippen LogP contribution in [0.3, 0.4) is 0 Å². The number of hydrogen-bond acceptors (Lipinski definition) is 7. The third-order valence-electron chi connectivity index (χ3n) is 7.31. The molecule has 0 saturated carbocycles. The van der Waals surface area contributed by atoms with Crippen LogP contribution in [0, 0.1) is 18.3 Å². The quantitative estimate of drug-likeness (QED) is 0.349. The lowest BCUT2D eigenvalue weighted by molar-refractivity contribution is -0.126. The Labute approximate surface area is 228 Å². The molecule has 1 aromatic carbocycles. The molecule has 10 heteroatoms.